The zero-order chi connectivity index (χ0) is 16.0. The summed E-state index contributed by atoms with van der Waals surface area (Å²) in [6.07, 6.45) is 6.43. The third-order valence-corrected chi connectivity index (χ3v) is 4.88. The Bertz CT molecular complexity index is 478. The van der Waals surface area contributed by atoms with Crippen molar-refractivity contribution >= 4 is 5.91 Å². The molecule has 1 aromatic rings. The van der Waals surface area contributed by atoms with Crippen molar-refractivity contribution in [2.75, 3.05) is 20.7 Å². The quantitative estimate of drug-likeness (QED) is 0.879. The Morgan fingerprint density at radius 1 is 1.23 bits per heavy atom. The normalized spacial score (nSPS) is 17.0. The average Bonchev–Trinajstić information content (AvgIpc) is 2.56. The molecule has 1 aliphatic rings. The van der Waals surface area contributed by atoms with E-state index in [0.29, 0.717) is 19.5 Å². The SMILES string of the molecule is COc1ccc(CN(C)C(=O)CC2(CN)CCCCC2)cc1. The molecule has 2 N–H and O–H groups in total. The highest BCUT2D eigenvalue weighted by molar-refractivity contribution is 5.76. The predicted molar refractivity (Wildman–Crippen MR) is 88.7 cm³/mol. The van der Waals surface area contributed by atoms with Gasteiger partial charge in [-0.3, -0.25) is 4.79 Å². The fourth-order valence-corrected chi connectivity index (χ4v) is 3.30. The lowest BCUT2D eigenvalue weighted by Gasteiger charge is -2.36. The van der Waals surface area contributed by atoms with Gasteiger partial charge in [-0.05, 0) is 42.5 Å². The second-order valence-electron chi connectivity index (χ2n) is 6.54. The van der Waals surface area contributed by atoms with Crippen LogP contribution in [0.5, 0.6) is 5.75 Å². The zero-order valence-corrected chi connectivity index (χ0v) is 13.8. The van der Waals surface area contributed by atoms with Crippen LogP contribution in [-0.2, 0) is 11.3 Å². The van der Waals surface area contributed by atoms with Crippen LogP contribution in [0, 0.1) is 5.41 Å². The van der Waals surface area contributed by atoms with Gasteiger partial charge in [0.1, 0.15) is 5.75 Å². The molecule has 0 unspecified atom stereocenters. The first-order valence-corrected chi connectivity index (χ1v) is 8.15. The molecule has 2 rings (SSSR count). The maximum absolute atomic E-state index is 12.5. The van der Waals surface area contributed by atoms with Crippen LogP contribution in [0.2, 0.25) is 0 Å². The van der Waals surface area contributed by atoms with E-state index in [2.05, 4.69) is 0 Å². The fourth-order valence-electron chi connectivity index (χ4n) is 3.30. The summed E-state index contributed by atoms with van der Waals surface area (Å²) in [6, 6.07) is 7.86. The molecule has 1 amide bonds. The minimum absolute atomic E-state index is 0.0313. The number of benzene rings is 1. The molecule has 122 valence electrons. The molecule has 4 heteroatoms. The van der Waals surface area contributed by atoms with E-state index in [1.54, 1.807) is 7.11 Å². The van der Waals surface area contributed by atoms with E-state index in [9.17, 15) is 4.79 Å². The van der Waals surface area contributed by atoms with Crippen molar-refractivity contribution in [1.82, 2.24) is 4.90 Å². The smallest absolute Gasteiger partial charge is 0.223 e. The summed E-state index contributed by atoms with van der Waals surface area (Å²) < 4.78 is 5.16. The van der Waals surface area contributed by atoms with E-state index in [1.165, 1.54) is 19.3 Å². The summed E-state index contributed by atoms with van der Waals surface area (Å²) in [4.78, 5) is 14.4. The van der Waals surface area contributed by atoms with Gasteiger partial charge in [-0.15, -0.1) is 0 Å². The highest BCUT2D eigenvalue weighted by Gasteiger charge is 2.33. The van der Waals surface area contributed by atoms with Gasteiger partial charge in [0.25, 0.3) is 0 Å². The van der Waals surface area contributed by atoms with Crippen molar-refractivity contribution in [2.45, 2.75) is 45.1 Å². The number of hydrogen-bond acceptors (Lipinski definition) is 3. The highest BCUT2D eigenvalue weighted by Crippen LogP contribution is 2.38. The summed E-state index contributed by atoms with van der Waals surface area (Å²) in [5.74, 6) is 1.03. The van der Waals surface area contributed by atoms with Gasteiger partial charge in [0.05, 0.1) is 7.11 Å². The van der Waals surface area contributed by atoms with Crippen LogP contribution >= 0.6 is 0 Å². The van der Waals surface area contributed by atoms with Gasteiger partial charge in [0.15, 0.2) is 0 Å². The van der Waals surface area contributed by atoms with Gasteiger partial charge in [-0.25, -0.2) is 0 Å². The number of nitrogens with two attached hydrogens (primary N) is 1. The first-order chi connectivity index (χ1) is 10.6. The minimum atomic E-state index is 0.0313. The molecule has 0 aliphatic heterocycles. The molecule has 0 radical (unpaired) electrons. The highest BCUT2D eigenvalue weighted by atomic mass is 16.5. The van der Waals surface area contributed by atoms with Crippen LogP contribution in [-0.4, -0.2) is 31.5 Å². The Morgan fingerprint density at radius 2 is 1.86 bits per heavy atom. The molecule has 1 saturated carbocycles. The maximum atomic E-state index is 12.5. The molecule has 0 bridgehead atoms. The molecule has 0 heterocycles. The molecular weight excluding hydrogens is 276 g/mol. The number of amides is 1. The van der Waals surface area contributed by atoms with Crippen LogP contribution < -0.4 is 10.5 Å². The van der Waals surface area contributed by atoms with Crippen LogP contribution in [0.3, 0.4) is 0 Å². The van der Waals surface area contributed by atoms with Crippen LogP contribution in [0.25, 0.3) is 0 Å². The number of rotatable bonds is 6. The first kappa shape index (κ1) is 16.8. The Kier molecular flexibility index (Phi) is 5.83. The number of methoxy groups -OCH3 is 1. The van der Waals surface area contributed by atoms with E-state index in [-0.39, 0.29) is 11.3 Å². The Labute approximate surface area is 133 Å². The number of carbonyl (C=O) groups is 1. The maximum Gasteiger partial charge on any atom is 0.223 e. The van der Waals surface area contributed by atoms with Crippen molar-refractivity contribution in [3.05, 3.63) is 29.8 Å². The third kappa shape index (κ3) is 4.23. The van der Waals surface area contributed by atoms with Crippen molar-refractivity contribution < 1.29 is 9.53 Å². The number of hydrogen-bond donors (Lipinski definition) is 1. The van der Waals surface area contributed by atoms with Crippen LogP contribution in [0.4, 0.5) is 0 Å². The van der Waals surface area contributed by atoms with Gasteiger partial charge in [0.2, 0.25) is 5.91 Å². The molecule has 0 saturated heterocycles. The standard InChI is InChI=1S/C18H28N2O2/c1-20(13-15-6-8-16(22-2)9-7-15)17(21)12-18(14-19)10-4-3-5-11-18/h6-9H,3-5,10-14,19H2,1-2H3. The van der Waals surface area contributed by atoms with Crippen LogP contribution in [0.1, 0.15) is 44.1 Å². The second kappa shape index (κ2) is 7.63. The van der Waals surface area contributed by atoms with E-state index in [0.717, 1.165) is 24.2 Å². The number of ether oxygens (including phenoxy) is 1. The number of carbonyl (C=O) groups excluding carboxylic acids is 1. The van der Waals surface area contributed by atoms with Crippen LogP contribution in [0.15, 0.2) is 24.3 Å². The number of nitrogens with zero attached hydrogens (tertiary/aromatic N) is 1. The predicted octanol–water partition coefficient (Wildman–Crippen LogP) is 2.95. The topological polar surface area (TPSA) is 55.6 Å². The molecule has 1 fully saturated rings. The van der Waals surface area contributed by atoms with E-state index in [1.807, 2.05) is 36.2 Å². The van der Waals surface area contributed by atoms with Gasteiger partial charge in [-0.1, -0.05) is 31.4 Å². The molecule has 0 aromatic heterocycles. The van der Waals surface area contributed by atoms with E-state index in [4.69, 9.17) is 10.5 Å². The Morgan fingerprint density at radius 3 is 2.41 bits per heavy atom. The minimum Gasteiger partial charge on any atom is -0.497 e. The Hall–Kier alpha value is -1.55. The summed E-state index contributed by atoms with van der Waals surface area (Å²) in [6.45, 7) is 1.25. The second-order valence-corrected chi connectivity index (χ2v) is 6.54. The molecule has 0 atom stereocenters. The largest absolute Gasteiger partial charge is 0.497 e. The zero-order valence-electron chi connectivity index (χ0n) is 13.8. The fraction of sp³-hybridized carbons (Fsp3) is 0.611. The monoisotopic (exact) mass is 304 g/mol. The van der Waals surface area contributed by atoms with Crippen molar-refractivity contribution in [2.24, 2.45) is 11.1 Å². The first-order valence-electron chi connectivity index (χ1n) is 8.15. The molecule has 1 aliphatic carbocycles. The summed E-state index contributed by atoms with van der Waals surface area (Å²) in [5.41, 5.74) is 7.13. The lowest BCUT2D eigenvalue weighted by molar-refractivity contribution is -0.133. The van der Waals surface area contributed by atoms with E-state index < -0.39 is 0 Å². The lowest BCUT2D eigenvalue weighted by Crippen LogP contribution is -2.39. The molecule has 22 heavy (non-hydrogen) atoms. The summed E-state index contributed by atoms with van der Waals surface area (Å²) in [7, 11) is 3.53. The van der Waals surface area contributed by atoms with Gasteiger partial charge < -0.3 is 15.4 Å². The molecular formula is C18H28N2O2. The van der Waals surface area contributed by atoms with Gasteiger partial charge in [0, 0.05) is 20.0 Å². The average molecular weight is 304 g/mol. The Balaban J connectivity index is 1.93. The lowest BCUT2D eigenvalue weighted by atomic mass is 9.71. The molecule has 1 aromatic carbocycles. The molecule has 4 nitrogen and oxygen atoms in total. The van der Waals surface area contributed by atoms with E-state index >= 15 is 0 Å². The summed E-state index contributed by atoms with van der Waals surface area (Å²) in [5, 5.41) is 0. The van der Waals surface area contributed by atoms with Crippen molar-refractivity contribution in [1.29, 1.82) is 0 Å². The third-order valence-electron chi connectivity index (χ3n) is 4.88. The molecule has 0 spiro atoms. The summed E-state index contributed by atoms with van der Waals surface area (Å²) >= 11 is 0. The van der Waals surface area contributed by atoms with Crippen molar-refractivity contribution in [3.63, 3.8) is 0 Å². The van der Waals surface area contributed by atoms with Gasteiger partial charge >= 0.3 is 0 Å². The van der Waals surface area contributed by atoms with Gasteiger partial charge in [-0.2, -0.15) is 0 Å². The van der Waals surface area contributed by atoms with Crippen molar-refractivity contribution in [3.8, 4) is 5.75 Å².